The van der Waals surface area contributed by atoms with Gasteiger partial charge in [0.2, 0.25) is 21.8 Å². The van der Waals surface area contributed by atoms with E-state index in [9.17, 15) is 18.0 Å². The topological polar surface area (TPSA) is 95.6 Å². The highest BCUT2D eigenvalue weighted by Gasteiger charge is 2.26. The molecule has 1 heterocycles. The summed E-state index contributed by atoms with van der Waals surface area (Å²) in [5.74, 6) is -0.538. The number of carbonyl (C=O) groups excluding carboxylic acids is 2. The molecule has 3 rings (SSSR count). The first kappa shape index (κ1) is 19.1. The molecular weight excluding hydrogens is 366 g/mol. The number of sulfonamides is 1. The van der Waals surface area contributed by atoms with Crippen LogP contribution in [0, 0.1) is 13.8 Å². The van der Waals surface area contributed by atoms with Crippen LogP contribution in [0.2, 0.25) is 0 Å². The highest BCUT2D eigenvalue weighted by atomic mass is 32.2. The van der Waals surface area contributed by atoms with Gasteiger partial charge in [0, 0.05) is 18.4 Å². The Morgan fingerprint density at radius 2 is 1.93 bits per heavy atom. The maximum absolute atomic E-state index is 12.5. The Hall–Kier alpha value is -2.71. The second-order valence-electron chi connectivity index (χ2n) is 6.54. The van der Waals surface area contributed by atoms with Crippen LogP contribution in [0.25, 0.3) is 0 Å². The number of nitrogens with zero attached hydrogens (tertiary/aromatic N) is 1. The molecule has 1 aliphatic rings. The molecule has 142 valence electrons. The highest BCUT2D eigenvalue weighted by Crippen LogP contribution is 2.29. The summed E-state index contributed by atoms with van der Waals surface area (Å²) >= 11 is 0. The van der Waals surface area contributed by atoms with Gasteiger partial charge < -0.3 is 10.2 Å². The number of fused-ring (bicyclic) bond motifs is 1. The molecule has 0 bridgehead atoms. The molecule has 27 heavy (non-hydrogen) atoms. The molecule has 0 fully saturated rings. The standard InChI is InChI=1S/C19H21N3O4S/c1-12-5-4-6-16(13(12)2)21-18(23)11-20-27(25,26)15-7-8-17-14(9-15)10-19(24)22(17)3/h4-9,20H,10-11H2,1-3H3,(H,21,23). The lowest BCUT2D eigenvalue weighted by molar-refractivity contribution is -0.117. The van der Waals surface area contributed by atoms with Crippen molar-refractivity contribution in [1.82, 2.24) is 4.72 Å². The smallest absolute Gasteiger partial charge is 0.241 e. The van der Waals surface area contributed by atoms with Gasteiger partial charge in [-0.2, -0.15) is 0 Å². The summed E-state index contributed by atoms with van der Waals surface area (Å²) < 4.78 is 27.3. The Kier molecular flexibility index (Phi) is 5.03. The van der Waals surface area contributed by atoms with Gasteiger partial charge >= 0.3 is 0 Å². The number of anilines is 2. The lowest BCUT2D eigenvalue weighted by Crippen LogP contribution is -2.33. The van der Waals surface area contributed by atoms with Crippen molar-refractivity contribution in [1.29, 1.82) is 0 Å². The first-order chi connectivity index (χ1) is 12.7. The highest BCUT2D eigenvalue weighted by molar-refractivity contribution is 7.89. The van der Waals surface area contributed by atoms with E-state index in [4.69, 9.17) is 0 Å². The van der Waals surface area contributed by atoms with Gasteiger partial charge in [-0.3, -0.25) is 9.59 Å². The molecule has 2 amide bonds. The van der Waals surface area contributed by atoms with Crippen molar-refractivity contribution in [2.24, 2.45) is 0 Å². The van der Waals surface area contributed by atoms with Crippen LogP contribution < -0.4 is 14.9 Å². The zero-order chi connectivity index (χ0) is 19.8. The van der Waals surface area contributed by atoms with E-state index >= 15 is 0 Å². The molecule has 0 atom stereocenters. The number of aryl methyl sites for hydroxylation is 1. The second-order valence-corrected chi connectivity index (χ2v) is 8.31. The van der Waals surface area contributed by atoms with E-state index in [1.54, 1.807) is 19.2 Å². The molecule has 0 saturated carbocycles. The van der Waals surface area contributed by atoms with Crippen molar-refractivity contribution in [3.8, 4) is 0 Å². The van der Waals surface area contributed by atoms with E-state index in [0.717, 1.165) is 11.1 Å². The average Bonchev–Trinajstić information content (AvgIpc) is 2.91. The molecule has 8 heteroatoms. The predicted molar refractivity (Wildman–Crippen MR) is 103 cm³/mol. The van der Waals surface area contributed by atoms with E-state index in [0.29, 0.717) is 16.9 Å². The van der Waals surface area contributed by atoms with Gasteiger partial charge in [0.05, 0.1) is 17.9 Å². The van der Waals surface area contributed by atoms with Crippen LogP contribution in [0.4, 0.5) is 11.4 Å². The Morgan fingerprint density at radius 3 is 2.67 bits per heavy atom. The fraction of sp³-hybridized carbons (Fsp3) is 0.263. The maximum atomic E-state index is 12.5. The summed E-state index contributed by atoms with van der Waals surface area (Å²) in [6.07, 6.45) is 0.169. The molecule has 2 N–H and O–H groups in total. The van der Waals surface area contributed by atoms with Crippen molar-refractivity contribution >= 4 is 33.2 Å². The molecule has 2 aromatic rings. The molecule has 0 saturated heterocycles. The predicted octanol–water partition coefficient (Wildman–Crippen LogP) is 1.74. The maximum Gasteiger partial charge on any atom is 0.241 e. The van der Waals surface area contributed by atoms with Crippen LogP contribution in [-0.2, 0) is 26.0 Å². The Morgan fingerprint density at radius 1 is 1.19 bits per heavy atom. The van der Waals surface area contributed by atoms with E-state index in [1.807, 2.05) is 26.0 Å². The molecule has 0 spiro atoms. The second kappa shape index (κ2) is 7.13. The molecule has 0 unspecified atom stereocenters. The molecule has 0 aliphatic carbocycles. The third-order valence-corrected chi connectivity index (χ3v) is 6.14. The SMILES string of the molecule is Cc1cccc(NC(=O)CNS(=O)(=O)c2ccc3c(c2)CC(=O)N3C)c1C. The zero-order valence-electron chi connectivity index (χ0n) is 15.4. The van der Waals surface area contributed by atoms with Gasteiger partial charge in [-0.05, 0) is 54.8 Å². The summed E-state index contributed by atoms with van der Waals surface area (Å²) in [5.41, 5.74) is 3.97. The van der Waals surface area contributed by atoms with E-state index in [1.165, 1.54) is 17.0 Å². The van der Waals surface area contributed by atoms with Crippen molar-refractivity contribution in [3.05, 3.63) is 53.1 Å². The van der Waals surface area contributed by atoms with Crippen LogP contribution in [0.1, 0.15) is 16.7 Å². The molecular formula is C19H21N3O4S. The molecule has 7 nitrogen and oxygen atoms in total. The van der Waals surface area contributed by atoms with Crippen LogP contribution in [-0.4, -0.2) is 33.8 Å². The van der Waals surface area contributed by atoms with Crippen LogP contribution in [0.5, 0.6) is 0 Å². The van der Waals surface area contributed by atoms with Crippen LogP contribution in [0.15, 0.2) is 41.3 Å². The van der Waals surface area contributed by atoms with Gasteiger partial charge in [0.25, 0.3) is 0 Å². The van der Waals surface area contributed by atoms with Gasteiger partial charge in [0.15, 0.2) is 0 Å². The zero-order valence-corrected chi connectivity index (χ0v) is 16.2. The number of likely N-dealkylation sites (N-methyl/N-ethyl adjacent to an activating group) is 1. The Labute approximate surface area is 158 Å². The normalized spacial score (nSPS) is 13.6. The first-order valence-corrected chi connectivity index (χ1v) is 9.92. The summed E-state index contributed by atoms with van der Waals surface area (Å²) in [6, 6.07) is 10.0. The van der Waals surface area contributed by atoms with Crippen molar-refractivity contribution in [2.75, 3.05) is 23.8 Å². The van der Waals surface area contributed by atoms with E-state index in [2.05, 4.69) is 10.0 Å². The minimum absolute atomic E-state index is 0.0314. The summed E-state index contributed by atoms with van der Waals surface area (Å²) in [7, 11) is -2.21. The molecule has 0 aromatic heterocycles. The quantitative estimate of drug-likeness (QED) is 0.817. The van der Waals surface area contributed by atoms with Crippen LogP contribution >= 0.6 is 0 Å². The van der Waals surface area contributed by atoms with E-state index in [-0.39, 0.29) is 23.8 Å². The monoisotopic (exact) mass is 387 g/mol. The number of hydrogen-bond donors (Lipinski definition) is 2. The van der Waals surface area contributed by atoms with Gasteiger partial charge in [0.1, 0.15) is 0 Å². The Bertz CT molecular complexity index is 1030. The van der Waals surface area contributed by atoms with Crippen molar-refractivity contribution in [2.45, 2.75) is 25.2 Å². The molecule has 1 aliphatic heterocycles. The summed E-state index contributed by atoms with van der Waals surface area (Å²) in [6.45, 7) is 3.44. The minimum atomic E-state index is -3.86. The van der Waals surface area contributed by atoms with Gasteiger partial charge in [-0.15, -0.1) is 0 Å². The fourth-order valence-electron chi connectivity index (χ4n) is 2.94. The van der Waals surface area contributed by atoms with Gasteiger partial charge in [-0.1, -0.05) is 12.1 Å². The van der Waals surface area contributed by atoms with Gasteiger partial charge in [-0.25, -0.2) is 13.1 Å². The van der Waals surface area contributed by atoms with Crippen molar-refractivity contribution < 1.29 is 18.0 Å². The number of benzene rings is 2. The summed E-state index contributed by atoms with van der Waals surface area (Å²) in [4.78, 5) is 25.4. The molecule has 0 radical (unpaired) electrons. The third kappa shape index (κ3) is 3.86. The lowest BCUT2D eigenvalue weighted by atomic mass is 10.1. The largest absolute Gasteiger partial charge is 0.325 e. The molecule has 2 aromatic carbocycles. The Balaban J connectivity index is 1.69. The first-order valence-electron chi connectivity index (χ1n) is 8.44. The minimum Gasteiger partial charge on any atom is -0.325 e. The fourth-order valence-corrected chi connectivity index (χ4v) is 3.97. The lowest BCUT2D eigenvalue weighted by Gasteiger charge is -2.12. The number of carbonyl (C=O) groups is 2. The number of amides is 2. The average molecular weight is 387 g/mol. The third-order valence-electron chi connectivity index (χ3n) is 4.74. The number of hydrogen-bond acceptors (Lipinski definition) is 4. The van der Waals surface area contributed by atoms with E-state index < -0.39 is 15.9 Å². The summed E-state index contributed by atoms with van der Waals surface area (Å²) in [5, 5.41) is 2.71. The van der Waals surface area contributed by atoms with Crippen molar-refractivity contribution in [3.63, 3.8) is 0 Å². The van der Waals surface area contributed by atoms with Crippen LogP contribution in [0.3, 0.4) is 0 Å². The number of nitrogens with one attached hydrogen (secondary N) is 2. The number of rotatable bonds is 5.